The van der Waals surface area contributed by atoms with E-state index in [0.717, 1.165) is 11.4 Å². The van der Waals surface area contributed by atoms with Crippen LogP contribution >= 0.6 is 24.0 Å². The van der Waals surface area contributed by atoms with Gasteiger partial charge in [0.15, 0.2) is 5.96 Å². The number of ether oxygens (including phenoxy) is 1. The van der Waals surface area contributed by atoms with Gasteiger partial charge in [-0.05, 0) is 48.9 Å². The molecule has 0 radical (unpaired) electrons. The second-order valence-electron chi connectivity index (χ2n) is 5.34. The van der Waals surface area contributed by atoms with Crippen molar-refractivity contribution >= 4 is 35.6 Å². The first-order valence-electron chi connectivity index (χ1n) is 7.10. The van der Waals surface area contributed by atoms with Gasteiger partial charge in [0, 0.05) is 5.69 Å². The Balaban J connectivity index is 0.00000288. The first-order chi connectivity index (χ1) is 10.9. The fraction of sp³-hybridized carbons (Fsp3) is 0.235. The van der Waals surface area contributed by atoms with Gasteiger partial charge in [0.05, 0.1) is 13.7 Å². The number of aliphatic hydroxyl groups is 1. The molecule has 0 saturated carbocycles. The van der Waals surface area contributed by atoms with Crippen LogP contribution in [0.15, 0.2) is 53.5 Å². The van der Waals surface area contributed by atoms with Crippen LogP contribution in [0.4, 0.5) is 10.1 Å². The van der Waals surface area contributed by atoms with E-state index in [-0.39, 0.29) is 42.3 Å². The zero-order valence-corrected chi connectivity index (χ0v) is 15.8. The maximum Gasteiger partial charge on any atom is 0.193 e. The van der Waals surface area contributed by atoms with Crippen LogP contribution in [0.25, 0.3) is 0 Å². The lowest BCUT2D eigenvalue weighted by molar-refractivity contribution is 0.0673. The number of hydrogen-bond donors (Lipinski definition) is 3. The Morgan fingerprint density at radius 1 is 1.21 bits per heavy atom. The Morgan fingerprint density at radius 2 is 1.79 bits per heavy atom. The lowest BCUT2D eigenvalue weighted by Crippen LogP contribution is -2.29. The molecule has 0 aliphatic rings. The number of nitrogens with zero attached hydrogens (tertiary/aromatic N) is 1. The molecule has 5 nitrogen and oxygen atoms in total. The van der Waals surface area contributed by atoms with Crippen LogP contribution in [-0.2, 0) is 5.60 Å². The van der Waals surface area contributed by atoms with Crippen molar-refractivity contribution in [2.75, 3.05) is 19.0 Å². The number of nitrogens with two attached hydrogens (primary N) is 1. The van der Waals surface area contributed by atoms with E-state index in [4.69, 9.17) is 10.5 Å². The molecule has 0 aliphatic heterocycles. The van der Waals surface area contributed by atoms with E-state index in [2.05, 4.69) is 10.3 Å². The van der Waals surface area contributed by atoms with E-state index in [0.29, 0.717) is 5.56 Å². The summed E-state index contributed by atoms with van der Waals surface area (Å²) in [5, 5.41) is 13.4. The van der Waals surface area contributed by atoms with Crippen LogP contribution in [0.5, 0.6) is 5.75 Å². The Bertz CT molecular complexity index is 673. The molecule has 1 unspecified atom stereocenters. The van der Waals surface area contributed by atoms with Gasteiger partial charge in [-0.2, -0.15) is 0 Å². The van der Waals surface area contributed by atoms with Crippen LogP contribution in [0.1, 0.15) is 12.5 Å². The number of methoxy groups -OCH3 is 1. The number of halogens is 2. The average molecular weight is 445 g/mol. The molecule has 0 spiro atoms. The third-order valence-electron chi connectivity index (χ3n) is 3.39. The third-order valence-corrected chi connectivity index (χ3v) is 3.39. The van der Waals surface area contributed by atoms with Crippen LogP contribution in [0.3, 0.4) is 0 Å². The Labute approximate surface area is 157 Å². The predicted octanol–water partition coefficient (Wildman–Crippen LogP) is 3.09. The van der Waals surface area contributed by atoms with Crippen molar-refractivity contribution < 1.29 is 14.2 Å². The second kappa shape index (κ2) is 8.84. The highest BCUT2D eigenvalue weighted by Crippen LogP contribution is 2.21. The second-order valence-corrected chi connectivity index (χ2v) is 5.34. The Kier molecular flexibility index (Phi) is 7.43. The van der Waals surface area contributed by atoms with Crippen LogP contribution in [0.2, 0.25) is 0 Å². The topological polar surface area (TPSA) is 79.9 Å². The van der Waals surface area contributed by atoms with Crippen molar-refractivity contribution in [3.8, 4) is 5.75 Å². The van der Waals surface area contributed by atoms with Gasteiger partial charge in [-0.3, -0.25) is 0 Å². The first kappa shape index (κ1) is 20.2. The maximum atomic E-state index is 12.9. The van der Waals surface area contributed by atoms with E-state index < -0.39 is 5.60 Å². The smallest absolute Gasteiger partial charge is 0.193 e. The summed E-state index contributed by atoms with van der Waals surface area (Å²) in [6.45, 7) is 1.65. The number of guanidine groups is 1. The highest BCUT2D eigenvalue weighted by molar-refractivity contribution is 14.0. The molecule has 130 valence electrons. The van der Waals surface area contributed by atoms with Crippen molar-refractivity contribution in [3.63, 3.8) is 0 Å². The Morgan fingerprint density at radius 3 is 2.33 bits per heavy atom. The van der Waals surface area contributed by atoms with Gasteiger partial charge in [-0.15, -0.1) is 24.0 Å². The zero-order valence-electron chi connectivity index (χ0n) is 13.5. The van der Waals surface area contributed by atoms with E-state index in [9.17, 15) is 9.50 Å². The van der Waals surface area contributed by atoms with Gasteiger partial charge in [0.2, 0.25) is 0 Å². The molecule has 24 heavy (non-hydrogen) atoms. The fourth-order valence-electron chi connectivity index (χ4n) is 2.00. The predicted molar refractivity (Wildman–Crippen MR) is 104 cm³/mol. The SMILES string of the molecule is COc1ccc(NC(N)=NCC(C)(O)c2ccc(F)cc2)cc1.I. The summed E-state index contributed by atoms with van der Waals surface area (Å²) in [4.78, 5) is 4.14. The van der Waals surface area contributed by atoms with Crippen LogP contribution < -0.4 is 15.8 Å². The zero-order chi connectivity index (χ0) is 16.9. The van der Waals surface area contributed by atoms with E-state index >= 15 is 0 Å². The van der Waals surface area contributed by atoms with Crippen molar-refractivity contribution in [1.82, 2.24) is 0 Å². The van der Waals surface area contributed by atoms with Crippen LogP contribution in [-0.4, -0.2) is 24.7 Å². The molecule has 0 aromatic heterocycles. The van der Waals surface area contributed by atoms with Crippen LogP contribution in [0, 0.1) is 5.82 Å². The summed E-state index contributed by atoms with van der Waals surface area (Å²) < 4.78 is 18.0. The molecular weight excluding hydrogens is 424 g/mol. The Hall–Kier alpha value is -1.87. The number of anilines is 1. The van der Waals surface area contributed by atoms with Gasteiger partial charge in [-0.1, -0.05) is 12.1 Å². The fourth-order valence-corrected chi connectivity index (χ4v) is 2.00. The molecule has 2 aromatic carbocycles. The van der Waals surface area contributed by atoms with E-state index in [1.165, 1.54) is 24.3 Å². The molecule has 0 bridgehead atoms. The van der Waals surface area contributed by atoms with Crippen molar-refractivity contribution in [3.05, 3.63) is 59.9 Å². The summed E-state index contributed by atoms with van der Waals surface area (Å²) in [7, 11) is 1.59. The van der Waals surface area contributed by atoms with Crippen molar-refractivity contribution in [1.29, 1.82) is 0 Å². The van der Waals surface area contributed by atoms with Crippen molar-refractivity contribution in [2.45, 2.75) is 12.5 Å². The minimum Gasteiger partial charge on any atom is -0.497 e. The molecule has 0 aliphatic carbocycles. The van der Waals surface area contributed by atoms with E-state index in [1.54, 1.807) is 38.3 Å². The minimum absolute atomic E-state index is 0. The normalized spacial score (nSPS) is 13.6. The van der Waals surface area contributed by atoms with Gasteiger partial charge >= 0.3 is 0 Å². The minimum atomic E-state index is -1.24. The summed E-state index contributed by atoms with van der Waals surface area (Å²) in [6, 6.07) is 12.8. The first-order valence-corrected chi connectivity index (χ1v) is 7.10. The molecule has 0 saturated heterocycles. The molecule has 2 rings (SSSR count). The quantitative estimate of drug-likeness (QED) is 0.376. The molecule has 0 heterocycles. The summed E-state index contributed by atoms with van der Waals surface area (Å²) in [5.74, 6) is 0.566. The molecule has 2 aromatic rings. The largest absolute Gasteiger partial charge is 0.497 e. The number of nitrogens with one attached hydrogen (secondary N) is 1. The summed E-state index contributed by atoms with van der Waals surface area (Å²) in [5.41, 5.74) is 5.91. The highest BCUT2D eigenvalue weighted by atomic mass is 127. The summed E-state index contributed by atoms with van der Waals surface area (Å²) >= 11 is 0. The molecule has 7 heteroatoms. The van der Waals surface area contributed by atoms with Crippen molar-refractivity contribution in [2.24, 2.45) is 10.7 Å². The van der Waals surface area contributed by atoms with E-state index in [1.807, 2.05) is 0 Å². The number of benzene rings is 2. The maximum absolute atomic E-state index is 12.9. The highest BCUT2D eigenvalue weighted by Gasteiger charge is 2.22. The molecule has 0 fully saturated rings. The lowest BCUT2D eigenvalue weighted by atomic mass is 9.96. The van der Waals surface area contributed by atoms with Gasteiger partial charge in [0.25, 0.3) is 0 Å². The third kappa shape index (κ3) is 5.64. The summed E-state index contributed by atoms with van der Waals surface area (Å²) in [6.07, 6.45) is 0. The standard InChI is InChI=1S/C17H20FN3O2.HI/c1-17(22,12-3-5-13(18)6-4-12)11-20-16(19)21-14-7-9-15(23-2)10-8-14;/h3-10,22H,11H2,1-2H3,(H3,19,20,21);1H. The lowest BCUT2D eigenvalue weighted by Gasteiger charge is -2.22. The van der Waals surface area contributed by atoms with Gasteiger partial charge in [0.1, 0.15) is 17.2 Å². The number of hydrogen-bond acceptors (Lipinski definition) is 3. The molecular formula is C17H21FIN3O2. The molecule has 1 atom stereocenters. The number of rotatable bonds is 5. The molecule has 0 amide bonds. The monoisotopic (exact) mass is 445 g/mol. The molecule has 4 N–H and O–H groups in total. The number of aliphatic imine (C=N–C) groups is 1. The van der Waals surface area contributed by atoms with Gasteiger partial charge < -0.3 is 20.9 Å². The van der Waals surface area contributed by atoms with Gasteiger partial charge in [-0.25, -0.2) is 9.38 Å². The average Bonchev–Trinajstić information content (AvgIpc) is 2.54.